The first-order valence-electron chi connectivity index (χ1n) is 6.39. The van der Waals surface area contributed by atoms with Gasteiger partial charge in [-0.25, -0.2) is 0 Å². The molecule has 96 valence electrons. The van der Waals surface area contributed by atoms with Crippen molar-refractivity contribution < 1.29 is 14.7 Å². The van der Waals surface area contributed by atoms with Crippen molar-refractivity contribution in [2.24, 2.45) is 5.92 Å². The number of hydrogen-bond acceptors (Lipinski definition) is 3. The Labute approximate surface area is 101 Å². The van der Waals surface area contributed by atoms with Gasteiger partial charge in [-0.05, 0) is 38.3 Å². The Morgan fingerprint density at radius 1 is 1.35 bits per heavy atom. The fourth-order valence-corrected chi connectivity index (χ4v) is 2.83. The van der Waals surface area contributed by atoms with Crippen LogP contribution in [0.15, 0.2) is 0 Å². The second-order valence-electron chi connectivity index (χ2n) is 5.03. The molecule has 0 aromatic heterocycles. The molecule has 1 atom stereocenters. The van der Waals surface area contributed by atoms with E-state index in [-0.39, 0.29) is 18.2 Å². The highest BCUT2D eigenvalue weighted by Gasteiger charge is 2.32. The van der Waals surface area contributed by atoms with Crippen molar-refractivity contribution in [1.82, 2.24) is 10.2 Å². The fourth-order valence-electron chi connectivity index (χ4n) is 2.83. The number of carbonyl (C=O) groups excluding carboxylic acids is 1. The van der Waals surface area contributed by atoms with E-state index in [1.54, 1.807) is 0 Å². The molecule has 0 aromatic rings. The summed E-state index contributed by atoms with van der Waals surface area (Å²) in [6, 6.07) is 0.320. The molecule has 2 rings (SSSR count). The summed E-state index contributed by atoms with van der Waals surface area (Å²) < 4.78 is 0. The fraction of sp³-hybridized carbons (Fsp3) is 0.833. The first-order chi connectivity index (χ1) is 8.16. The number of amides is 1. The van der Waals surface area contributed by atoms with Crippen molar-refractivity contribution in [1.29, 1.82) is 0 Å². The Morgan fingerprint density at radius 3 is 2.71 bits per heavy atom. The Morgan fingerprint density at radius 2 is 2.06 bits per heavy atom. The molecule has 1 amide bonds. The van der Waals surface area contributed by atoms with Gasteiger partial charge in [0.15, 0.2) is 0 Å². The number of carbonyl (C=O) groups is 2. The third kappa shape index (κ3) is 3.19. The van der Waals surface area contributed by atoms with Gasteiger partial charge in [0, 0.05) is 25.4 Å². The number of piperidine rings is 2. The van der Waals surface area contributed by atoms with E-state index < -0.39 is 5.97 Å². The Kier molecular flexibility index (Phi) is 3.99. The molecular weight excluding hydrogens is 220 g/mol. The SMILES string of the molecule is O=C(O)CC1CCC(=O)N(C2CCNCC2)C1. The third-order valence-electron chi connectivity index (χ3n) is 3.75. The molecule has 0 aromatic carbocycles. The maximum atomic E-state index is 11.9. The van der Waals surface area contributed by atoms with E-state index in [1.807, 2.05) is 4.90 Å². The lowest BCUT2D eigenvalue weighted by atomic mass is 9.91. The van der Waals surface area contributed by atoms with Gasteiger partial charge in [0.05, 0.1) is 0 Å². The molecule has 0 bridgehead atoms. The van der Waals surface area contributed by atoms with Crippen molar-refractivity contribution in [3.63, 3.8) is 0 Å². The predicted octanol–water partition coefficient (Wildman–Crippen LogP) is 0.452. The van der Waals surface area contributed by atoms with Crippen molar-refractivity contribution in [2.45, 2.75) is 38.1 Å². The van der Waals surface area contributed by atoms with Crippen molar-refractivity contribution in [2.75, 3.05) is 19.6 Å². The number of carboxylic acid groups (broad SMARTS) is 1. The van der Waals surface area contributed by atoms with E-state index in [2.05, 4.69) is 5.32 Å². The molecule has 2 fully saturated rings. The number of aliphatic carboxylic acids is 1. The summed E-state index contributed by atoms with van der Waals surface area (Å²) in [4.78, 5) is 24.5. The quantitative estimate of drug-likeness (QED) is 0.751. The van der Waals surface area contributed by atoms with Crippen molar-refractivity contribution in [3.8, 4) is 0 Å². The van der Waals surface area contributed by atoms with E-state index >= 15 is 0 Å². The Hall–Kier alpha value is -1.10. The molecule has 5 heteroatoms. The third-order valence-corrected chi connectivity index (χ3v) is 3.75. The molecule has 0 aliphatic carbocycles. The van der Waals surface area contributed by atoms with Crippen LogP contribution < -0.4 is 5.32 Å². The Bertz CT molecular complexity index is 300. The monoisotopic (exact) mass is 240 g/mol. The maximum Gasteiger partial charge on any atom is 0.303 e. The molecule has 1 unspecified atom stereocenters. The highest BCUT2D eigenvalue weighted by atomic mass is 16.4. The van der Waals surface area contributed by atoms with E-state index in [9.17, 15) is 9.59 Å². The van der Waals surface area contributed by atoms with Crippen LogP contribution in [0.2, 0.25) is 0 Å². The molecule has 5 nitrogen and oxygen atoms in total. The number of nitrogens with zero attached hydrogens (tertiary/aromatic N) is 1. The number of carboxylic acids is 1. The number of hydrogen-bond donors (Lipinski definition) is 2. The lowest BCUT2D eigenvalue weighted by Gasteiger charge is -2.39. The summed E-state index contributed by atoms with van der Waals surface area (Å²) in [5.74, 6) is -0.409. The number of likely N-dealkylation sites (tertiary alicyclic amines) is 1. The summed E-state index contributed by atoms with van der Waals surface area (Å²) in [5, 5.41) is 12.1. The largest absolute Gasteiger partial charge is 0.481 e. The molecule has 0 saturated carbocycles. The van der Waals surface area contributed by atoms with Crippen molar-refractivity contribution in [3.05, 3.63) is 0 Å². The lowest BCUT2D eigenvalue weighted by Crippen LogP contribution is -2.50. The van der Waals surface area contributed by atoms with Crippen LogP contribution in [0.1, 0.15) is 32.1 Å². The lowest BCUT2D eigenvalue weighted by molar-refractivity contribution is -0.143. The molecule has 2 heterocycles. The average Bonchev–Trinajstić information content (AvgIpc) is 2.32. The Balaban J connectivity index is 1.93. The zero-order chi connectivity index (χ0) is 12.3. The minimum atomic E-state index is -0.755. The van der Waals surface area contributed by atoms with Crippen LogP contribution >= 0.6 is 0 Å². The summed E-state index contributed by atoms with van der Waals surface area (Å²) in [5.41, 5.74) is 0. The van der Waals surface area contributed by atoms with E-state index in [0.29, 0.717) is 19.0 Å². The smallest absolute Gasteiger partial charge is 0.303 e. The molecule has 2 saturated heterocycles. The van der Waals surface area contributed by atoms with E-state index in [1.165, 1.54) is 0 Å². The molecule has 2 N–H and O–H groups in total. The van der Waals surface area contributed by atoms with Crippen LogP contribution in [-0.2, 0) is 9.59 Å². The minimum absolute atomic E-state index is 0.139. The van der Waals surface area contributed by atoms with Gasteiger partial charge in [0.1, 0.15) is 0 Å². The molecular formula is C12H20N2O3. The van der Waals surface area contributed by atoms with E-state index in [0.717, 1.165) is 32.4 Å². The van der Waals surface area contributed by atoms with Gasteiger partial charge in [0.2, 0.25) is 5.91 Å². The maximum absolute atomic E-state index is 11.9. The minimum Gasteiger partial charge on any atom is -0.481 e. The van der Waals surface area contributed by atoms with Gasteiger partial charge in [-0.1, -0.05) is 0 Å². The first-order valence-corrected chi connectivity index (χ1v) is 6.39. The topological polar surface area (TPSA) is 69.6 Å². The highest BCUT2D eigenvalue weighted by Crippen LogP contribution is 2.25. The highest BCUT2D eigenvalue weighted by molar-refractivity contribution is 5.77. The molecule has 0 radical (unpaired) electrons. The molecule has 17 heavy (non-hydrogen) atoms. The second-order valence-corrected chi connectivity index (χ2v) is 5.03. The summed E-state index contributed by atoms with van der Waals surface area (Å²) in [7, 11) is 0. The van der Waals surface area contributed by atoms with Gasteiger partial charge in [-0.2, -0.15) is 0 Å². The van der Waals surface area contributed by atoms with Crippen molar-refractivity contribution >= 4 is 11.9 Å². The zero-order valence-electron chi connectivity index (χ0n) is 10.0. The normalized spacial score (nSPS) is 27.2. The molecule has 2 aliphatic heterocycles. The number of rotatable bonds is 3. The summed E-state index contributed by atoms with van der Waals surface area (Å²) in [6.07, 6.45) is 3.42. The average molecular weight is 240 g/mol. The van der Waals surface area contributed by atoms with Gasteiger partial charge in [0.25, 0.3) is 0 Å². The van der Waals surface area contributed by atoms with Gasteiger partial charge < -0.3 is 15.3 Å². The van der Waals surface area contributed by atoms with Gasteiger partial charge >= 0.3 is 5.97 Å². The van der Waals surface area contributed by atoms with Crippen LogP contribution in [-0.4, -0.2) is 47.6 Å². The van der Waals surface area contributed by atoms with Crippen LogP contribution in [0.25, 0.3) is 0 Å². The van der Waals surface area contributed by atoms with Crippen LogP contribution in [0.4, 0.5) is 0 Å². The second kappa shape index (κ2) is 5.49. The molecule has 0 spiro atoms. The summed E-state index contributed by atoms with van der Waals surface area (Å²) >= 11 is 0. The molecule has 2 aliphatic rings. The summed E-state index contributed by atoms with van der Waals surface area (Å²) in [6.45, 7) is 2.55. The predicted molar refractivity (Wildman–Crippen MR) is 62.6 cm³/mol. The van der Waals surface area contributed by atoms with Gasteiger partial charge in [-0.3, -0.25) is 9.59 Å². The first kappa shape index (κ1) is 12.4. The zero-order valence-corrected chi connectivity index (χ0v) is 10.0. The van der Waals surface area contributed by atoms with Crippen LogP contribution in [0.5, 0.6) is 0 Å². The van der Waals surface area contributed by atoms with E-state index in [4.69, 9.17) is 5.11 Å². The standard InChI is InChI=1S/C12H20N2O3/c15-11-2-1-9(7-12(16)17)8-14(11)10-3-5-13-6-4-10/h9-10,13H,1-8H2,(H,16,17). The van der Waals surface area contributed by atoms with Crippen LogP contribution in [0, 0.1) is 5.92 Å². The van der Waals surface area contributed by atoms with Gasteiger partial charge in [-0.15, -0.1) is 0 Å². The van der Waals surface area contributed by atoms with Crippen LogP contribution in [0.3, 0.4) is 0 Å². The number of nitrogens with one attached hydrogen (secondary N) is 1.